The topological polar surface area (TPSA) is 35.8 Å². The van der Waals surface area contributed by atoms with Gasteiger partial charge in [-0.3, -0.25) is 0 Å². The first-order chi connectivity index (χ1) is 8.60. The Morgan fingerprint density at radius 3 is 2.67 bits per heavy atom. The van der Waals surface area contributed by atoms with Crippen LogP contribution in [0.2, 0.25) is 0 Å². The molecule has 92 valence electrons. The molecule has 1 atom stereocenters. The maximum absolute atomic E-state index is 13.1. The predicted octanol–water partition coefficient (Wildman–Crippen LogP) is 5.09. The molecule has 0 radical (unpaired) electrons. The van der Waals surface area contributed by atoms with E-state index in [1.54, 1.807) is 12.1 Å². The fourth-order valence-electron chi connectivity index (χ4n) is 1.42. The number of benzene rings is 1. The molecule has 0 amide bonds. The molecule has 1 aromatic carbocycles. The molecule has 6 heteroatoms. The SMILES string of the molecule is N#CC(Nc1cccc(F)c1)c1cc(Br)c(Br)s1. The van der Waals surface area contributed by atoms with Crippen LogP contribution in [0.25, 0.3) is 0 Å². The molecule has 2 nitrogen and oxygen atoms in total. The third kappa shape index (κ3) is 3.10. The Morgan fingerprint density at radius 1 is 1.33 bits per heavy atom. The van der Waals surface area contributed by atoms with Crippen molar-refractivity contribution >= 4 is 48.9 Å². The second kappa shape index (κ2) is 5.83. The summed E-state index contributed by atoms with van der Waals surface area (Å²) < 4.78 is 14.9. The summed E-state index contributed by atoms with van der Waals surface area (Å²) in [7, 11) is 0. The number of hydrogen-bond acceptors (Lipinski definition) is 3. The van der Waals surface area contributed by atoms with Crippen LogP contribution in [0.5, 0.6) is 0 Å². The summed E-state index contributed by atoms with van der Waals surface area (Å²) in [6, 6.07) is 9.59. The first kappa shape index (κ1) is 13.5. The molecule has 18 heavy (non-hydrogen) atoms. The molecule has 1 heterocycles. The molecule has 2 rings (SSSR count). The monoisotopic (exact) mass is 388 g/mol. The minimum Gasteiger partial charge on any atom is -0.365 e. The van der Waals surface area contributed by atoms with Gasteiger partial charge in [0.1, 0.15) is 11.9 Å². The van der Waals surface area contributed by atoms with Gasteiger partial charge in [0, 0.05) is 15.0 Å². The number of nitriles is 1. The average molecular weight is 390 g/mol. The zero-order valence-corrected chi connectivity index (χ0v) is 12.9. The second-order valence-electron chi connectivity index (χ2n) is 3.49. The van der Waals surface area contributed by atoms with Crippen molar-refractivity contribution < 1.29 is 4.39 Å². The molecular formula is C12H7Br2FN2S. The standard InChI is InChI=1S/C12H7Br2FN2S/c13-9-5-11(18-12(9)14)10(6-16)17-8-3-1-2-7(15)4-8/h1-5,10,17H. The summed E-state index contributed by atoms with van der Waals surface area (Å²) in [5.41, 5.74) is 0.585. The van der Waals surface area contributed by atoms with Crippen molar-refractivity contribution in [2.24, 2.45) is 0 Å². The van der Waals surface area contributed by atoms with E-state index in [1.807, 2.05) is 6.07 Å². The van der Waals surface area contributed by atoms with Crippen molar-refractivity contribution in [3.63, 3.8) is 0 Å². The van der Waals surface area contributed by atoms with Crippen molar-refractivity contribution in [1.82, 2.24) is 0 Å². The minimum absolute atomic E-state index is 0.328. The molecule has 0 saturated heterocycles. The summed E-state index contributed by atoms with van der Waals surface area (Å²) in [5.74, 6) is -0.328. The highest BCUT2D eigenvalue weighted by atomic mass is 79.9. The summed E-state index contributed by atoms with van der Waals surface area (Å²) >= 11 is 8.22. The van der Waals surface area contributed by atoms with Crippen LogP contribution in [0.15, 0.2) is 38.6 Å². The van der Waals surface area contributed by atoms with Gasteiger partial charge in [0.25, 0.3) is 0 Å². The van der Waals surface area contributed by atoms with E-state index < -0.39 is 6.04 Å². The number of thiophene rings is 1. The van der Waals surface area contributed by atoms with Gasteiger partial charge in [0.15, 0.2) is 0 Å². The third-order valence-corrected chi connectivity index (χ3v) is 5.53. The van der Waals surface area contributed by atoms with Crippen LogP contribution >= 0.6 is 43.2 Å². The van der Waals surface area contributed by atoms with Crippen LogP contribution in [0, 0.1) is 17.1 Å². The van der Waals surface area contributed by atoms with E-state index in [2.05, 4.69) is 43.2 Å². The van der Waals surface area contributed by atoms with Crippen molar-refractivity contribution in [3.8, 4) is 6.07 Å². The zero-order valence-electron chi connectivity index (χ0n) is 8.95. The van der Waals surface area contributed by atoms with Crippen LogP contribution in [0.4, 0.5) is 10.1 Å². The van der Waals surface area contributed by atoms with E-state index in [0.29, 0.717) is 5.69 Å². The fraction of sp³-hybridized carbons (Fsp3) is 0.0833. The number of rotatable bonds is 3. The Morgan fingerprint density at radius 2 is 2.11 bits per heavy atom. The minimum atomic E-state index is -0.501. The highest BCUT2D eigenvalue weighted by Crippen LogP contribution is 2.36. The summed E-state index contributed by atoms with van der Waals surface area (Å²) in [6.07, 6.45) is 0. The zero-order chi connectivity index (χ0) is 13.1. The highest BCUT2D eigenvalue weighted by molar-refractivity contribution is 9.13. The molecule has 0 bridgehead atoms. The lowest BCUT2D eigenvalue weighted by Crippen LogP contribution is -2.06. The van der Waals surface area contributed by atoms with Crippen molar-refractivity contribution in [2.75, 3.05) is 5.32 Å². The van der Waals surface area contributed by atoms with Gasteiger partial charge < -0.3 is 5.32 Å². The molecule has 0 spiro atoms. The molecule has 2 aromatic rings. The van der Waals surface area contributed by atoms with Gasteiger partial charge in [-0.2, -0.15) is 5.26 Å². The molecular weight excluding hydrogens is 383 g/mol. The maximum atomic E-state index is 13.1. The molecule has 0 saturated carbocycles. The van der Waals surface area contributed by atoms with Gasteiger partial charge >= 0.3 is 0 Å². The lowest BCUT2D eigenvalue weighted by molar-refractivity contribution is 0.628. The second-order valence-corrected chi connectivity index (χ2v) is 6.74. The first-order valence-electron chi connectivity index (χ1n) is 4.96. The Bertz CT molecular complexity index is 587. The molecule has 0 aliphatic heterocycles. The van der Waals surface area contributed by atoms with Gasteiger partial charge in [-0.05, 0) is 56.1 Å². The number of nitrogens with one attached hydrogen (secondary N) is 1. The maximum Gasteiger partial charge on any atom is 0.149 e. The van der Waals surface area contributed by atoms with Crippen molar-refractivity contribution in [1.29, 1.82) is 5.26 Å². The Labute approximate surface area is 125 Å². The predicted molar refractivity (Wildman–Crippen MR) is 78.1 cm³/mol. The summed E-state index contributed by atoms with van der Waals surface area (Å²) in [4.78, 5) is 0.862. The largest absolute Gasteiger partial charge is 0.365 e. The van der Waals surface area contributed by atoms with E-state index >= 15 is 0 Å². The quantitative estimate of drug-likeness (QED) is 0.793. The highest BCUT2D eigenvalue weighted by Gasteiger charge is 2.15. The van der Waals surface area contributed by atoms with Gasteiger partial charge in [-0.25, -0.2) is 4.39 Å². The average Bonchev–Trinajstić information content (AvgIpc) is 2.66. The normalized spacial score (nSPS) is 11.9. The van der Waals surface area contributed by atoms with Crippen LogP contribution < -0.4 is 5.32 Å². The van der Waals surface area contributed by atoms with E-state index in [1.165, 1.54) is 23.5 Å². The van der Waals surface area contributed by atoms with Crippen LogP contribution in [0.3, 0.4) is 0 Å². The number of halogens is 3. The van der Waals surface area contributed by atoms with Gasteiger partial charge in [0.2, 0.25) is 0 Å². The Hall–Kier alpha value is -0.900. The van der Waals surface area contributed by atoms with Crippen molar-refractivity contribution in [2.45, 2.75) is 6.04 Å². The Balaban J connectivity index is 2.23. The fourth-order valence-corrected chi connectivity index (χ4v) is 3.50. The number of hydrogen-bond donors (Lipinski definition) is 1. The van der Waals surface area contributed by atoms with Crippen molar-refractivity contribution in [3.05, 3.63) is 49.3 Å². The first-order valence-corrected chi connectivity index (χ1v) is 7.37. The van der Waals surface area contributed by atoms with E-state index in [4.69, 9.17) is 0 Å². The van der Waals surface area contributed by atoms with Gasteiger partial charge in [0.05, 0.1) is 9.86 Å². The lowest BCUT2D eigenvalue weighted by Gasteiger charge is -2.11. The molecule has 1 aromatic heterocycles. The van der Waals surface area contributed by atoms with E-state index in [9.17, 15) is 9.65 Å². The summed E-state index contributed by atoms with van der Waals surface area (Å²) in [6.45, 7) is 0. The summed E-state index contributed by atoms with van der Waals surface area (Å²) in [5, 5.41) is 12.2. The lowest BCUT2D eigenvalue weighted by atomic mass is 10.2. The van der Waals surface area contributed by atoms with Crippen LogP contribution in [0.1, 0.15) is 10.9 Å². The van der Waals surface area contributed by atoms with Crippen LogP contribution in [-0.2, 0) is 0 Å². The molecule has 1 unspecified atom stereocenters. The molecule has 0 fully saturated rings. The molecule has 0 aliphatic carbocycles. The number of anilines is 1. The third-order valence-electron chi connectivity index (χ3n) is 2.21. The molecule has 0 aliphatic rings. The van der Waals surface area contributed by atoms with Gasteiger partial charge in [-0.15, -0.1) is 11.3 Å². The number of nitrogens with zero attached hydrogens (tertiary/aromatic N) is 1. The molecule has 1 N–H and O–H groups in total. The van der Waals surface area contributed by atoms with Crippen LogP contribution in [-0.4, -0.2) is 0 Å². The van der Waals surface area contributed by atoms with E-state index in [-0.39, 0.29) is 5.82 Å². The van der Waals surface area contributed by atoms with E-state index in [0.717, 1.165) is 13.1 Å². The van der Waals surface area contributed by atoms with Gasteiger partial charge in [-0.1, -0.05) is 6.07 Å². The smallest absolute Gasteiger partial charge is 0.149 e. The Kier molecular flexibility index (Phi) is 4.38.